The summed E-state index contributed by atoms with van der Waals surface area (Å²) in [6, 6.07) is 0. The number of carbonyl (C=O) groups is 2. The van der Waals surface area contributed by atoms with Gasteiger partial charge in [0, 0.05) is 12.0 Å². The molecular formula is C11H19NO3. The highest BCUT2D eigenvalue weighted by molar-refractivity contribution is 6.02. The van der Waals surface area contributed by atoms with Crippen molar-refractivity contribution in [1.82, 2.24) is 0 Å². The fourth-order valence-electron chi connectivity index (χ4n) is 1.35. The zero-order valence-electron chi connectivity index (χ0n) is 9.38. The van der Waals surface area contributed by atoms with Crippen molar-refractivity contribution in [1.29, 1.82) is 0 Å². The molecule has 0 saturated heterocycles. The summed E-state index contributed by atoms with van der Waals surface area (Å²) in [6.45, 7) is 3.79. The average Bonchev–Trinajstić information content (AvgIpc) is 2.19. The third kappa shape index (κ3) is 4.63. The topological polar surface area (TPSA) is 80.4 Å². The van der Waals surface area contributed by atoms with Crippen molar-refractivity contribution >= 4 is 11.8 Å². The maximum Gasteiger partial charge on any atom is 0.352 e. The molecule has 0 aliphatic carbocycles. The Labute approximate surface area is 90.2 Å². The van der Waals surface area contributed by atoms with E-state index in [1.807, 2.05) is 6.92 Å². The van der Waals surface area contributed by atoms with E-state index in [-0.39, 0.29) is 17.1 Å². The lowest BCUT2D eigenvalue weighted by atomic mass is 10.0. The first-order valence-corrected chi connectivity index (χ1v) is 5.29. The van der Waals surface area contributed by atoms with Gasteiger partial charge in [0.1, 0.15) is 5.70 Å². The van der Waals surface area contributed by atoms with Crippen LogP contribution in [0.15, 0.2) is 11.3 Å². The number of nitrogens with two attached hydrogens (primary N) is 1. The summed E-state index contributed by atoms with van der Waals surface area (Å²) in [6.07, 6.45) is 3.59. The van der Waals surface area contributed by atoms with Crippen molar-refractivity contribution in [3.63, 3.8) is 0 Å². The second-order valence-electron chi connectivity index (χ2n) is 3.43. The highest BCUT2D eigenvalue weighted by atomic mass is 16.4. The van der Waals surface area contributed by atoms with Gasteiger partial charge < -0.3 is 10.8 Å². The van der Waals surface area contributed by atoms with E-state index in [2.05, 4.69) is 0 Å². The lowest BCUT2D eigenvalue weighted by molar-refractivity contribution is -0.133. The molecule has 0 aromatic rings. The molecule has 0 saturated carbocycles. The van der Waals surface area contributed by atoms with E-state index in [1.165, 1.54) is 0 Å². The van der Waals surface area contributed by atoms with Gasteiger partial charge >= 0.3 is 5.97 Å². The zero-order chi connectivity index (χ0) is 11.8. The molecule has 0 atom stereocenters. The van der Waals surface area contributed by atoms with E-state index < -0.39 is 5.97 Å². The summed E-state index contributed by atoms with van der Waals surface area (Å²) in [4.78, 5) is 22.2. The number of Topliss-reactive ketones (excluding diaryl/α,β-unsaturated/α-hetero) is 1. The van der Waals surface area contributed by atoms with Crippen LogP contribution < -0.4 is 5.73 Å². The Hall–Kier alpha value is -1.32. The van der Waals surface area contributed by atoms with Gasteiger partial charge in [0.05, 0.1) is 0 Å². The number of carbonyl (C=O) groups excluding carboxylic acids is 1. The molecule has 4 heteroatoms. The number of aliphatic carboxylic acids is 1. The van der Waals surface area contributed by atoms with Crippen LogP contribution in [0.25, 0.3) is 0 Å². The van der Waals surface area contributed by atoms with Gasteiger partial charge in [-0.2, -0.15) is 0 Å². The first kappa shape index (κ1) is 13.7. The van der Waals surface area contributed by atoms with Crippen molar-refractivity contribution in [2.24, 2.45) is 5.73 Å². The molecule has 15 heavy (non-hydrogen) atoms. The predicted octanol–water partition coefficient (Wildman–Crippen LogP) is 1.84. The molecule has 0 radical (unpaired) electrons. The second-order valence-corrected chi connectivity index (χ2v) is 3.43. The third-order valence-corrected chi connectivity index (χ3v) is 2.25. The van der Waals surface area contributed by atoms with Gasteiger partial charge in [0.2, 0.25) is 0 Å². The minimum Gasteiger partial charge on any atom is -0.477 e. The van der Waals surface area contributed by atoms with E-state index in [0.717, 1.165) is 19.3 Å². The molecular weight excluding hydrogens is 194 g/mol. The van der Waals surface area contributed by atoms with Crippen LogP contribution in [0.5, 0.6) is 0 Å². The van der Waals surface area contributed by atoms with Crippen LogP contribution in [0.4, 0.5) is 0 Å². The normalized spacial score (nSPS) is 12.1. The standard InChI is InChI=1S/C11H19NO3/c1-3-5-6-7-9(13)8(4-2)10(12)11(14)15/h3-7,12H2,1-2H3,(H,14,15). The molecule has 0 fully saturated rings. The molecule has 4 nitrogen and oxygen atoms in total. The molecule has 0 amide bonds. The number of hydrogen-bond acceptors (Lipinski definition) is 3. The third-order valence-electron chi connectivity index (χ3n) is 2.25. The van der Waals surface area contributed by atoms with Gasteiger partial charge in [-0.05, 0) is 12.8 Å². The number of unbranched alkanes of at least 4 members (excludes halogenated alkanes) is 2. The van der Waals surface area contributed by atoms with Crippen LogP contribution in [0.1, 0.15) is 46.0 Å². The highest BCUT2D eigenvalue weighted by Crippen LogP contribution is 2.11. The minimum absolute atomic E-state index is 0.133. The zero-order valence-corrected chi connectivity index (χ0v) is 9.38. The molecule has 0 heterocycles. The summed E-state index contributed by atoms with van der Waals surface area (Å²) in [5, 5.41) is 8.67. The first-order chi connectivity index (χ1) is 7.04. The fraction of sp³-hybridized carbons (Fsp3) is 0.636. The predicted molar refractivity (Wildman–Crippen MR) is 58.3 cm³/mol. The Morgan fingerprint density at radius 3 is 2.20 bits per heavy atom. The van der Waals surface area contributed by atoms with Crippen LogP contribution in [-0.2, 0) is 9.59 Å². The van der Waals surface area contributed by atoms with Gasteiger partial charge in [-0.25, -0.2) is 4.79 Å². The van der Waals surface area contributed by atoms with Crippen LogP contribution in [0, 0.1) is 0 Å². The lowest BCUT2D eigenvalue weighted by Crippen LogP contribution is -2.17. The van der Waals surface area contributed by atoms with Crippen molar-refractivity contribution < 1.29 is 14.7 Å². The molecule has 0 aromatic carbocycles. The van der Waals surface area contributed by atoms with Gasteiger partial charge in [0.15, 0.2) is 5.78 Å². The first-order valence-electron chi connectivity index (χ1n) is 5.29. The van der Waals surface area contributed by atoms with Crippen LogP contribution >= 0.6 is 0 Å². The Kier molecular flexibility index (Phi) is 6.42. The molecule has 86 valence electrons. The number of rotatable bonds is 7. The number of ketones is 1. The largest absolute Gasteiger partial charge is 0.477 e. The smallest absolute Gasteiger partial charge is 0.352 e. The van der Waals surface area contributed by atoms with Gasteiger partial charge in [0.25, 0.3) is 0 Å². The number of carboxylic acid groups (broad SMARTS) is 1. The van der Waals surface area contributed by atoms with E-state index in [9.17, 15) is 9.59 Å². The Balaban J connectivity index is 4.48. The van der Waals surface area contributed by atoms with Crippen LogP contribution in [0.2, 0.25) is 0 Å². The maximum absolute atomic E-state index is 11.6. The SMILES string of the molecule is CCCCCC(=O)C(CC)=C(N)C(=O)O. The van der Waals surface area contributed by atoms with Gasteiger partial charge in [-0.1, -0.05) is 26.7 Å². The second kappa shape index (κ2) is 7.04. The monoisotopic (exact) mass is 213 g/mol. The van der Waals surface area contributed by atoms with E-state index >= 15 is 0 Å². The van der Waals surface area contributed by atoms with Gasteiger partial charge in [-0.3, -0.25) is 4.79 Å². The van der Waals surface area contributed by atoms with Crippen molar-refractivity contribution in [2.75, 3.05) is 0 Å². The van der Waals surface area contributed by atoms with Crippen LogP contribution in [0.3, 0.4) is 0 Å². The van der Waals surface area contributed by atoms with Gasteiger partial charge in [-0.15, -0.1) is 0 Å². The molecule has 0 bridgehead atoms. The summed E-state index contributed by atoms with van der Waals surface area (Å²) in [5.41, 5.74) is 5.28. The molecule has 0 unspecified atom stereocenters. The maximum atomic E-state index is 11.6. The van der Waals surface area contributed by atoms with E-state index in [1.54, 1.807) is 6.92 Å². The molecule has 0 spiro atoms. The highest BCUT2D eigenvalue weighted by Gasteiger charge is 2.15. The Bertz CT molecular complexity index is 269. The molecule has 0 rings (SSSR count). The Morgan fingerprint density at radius 2 is 1.80 bits per heavy atom. The Morgan fingerprint density at radius 1 is 1.20 bits per heavy atom. The molecule has 0 aromatic heterocycles. The minimum atomic E-state index is -1.21. The van der Waals surface area contributed by atoms with Crippen molar-refractivity contribution in [3.05, 3.63) is 11.3 Å². The number of hydrogen-bond donors (Lipinski definition) is 2. The molecule has 3 N–H and O–H groups in total. The summed E-state index contributed by atoms with van der Waals surface area (Å²) >= 11 is 0. The summed E-state index contributed by atoms with van der Waals surface area (Å²) in [7, 11) is 0. The van der Waals surface area contributed by atoms with Crippen molar-refractivity contribution in [2.45, 2.75) is 46.0 Å². The van der Waals surface area contributed by atoms with Crippen molar-refractivity contribution in [3.8, 4) is 0 Å². The van der Waals surface area contributed by atoms with E-state index in [0.29, 0.717) is 12.8 Å². The number of carboxylic acids is 1. The fourth-order valence-corrected chi connectivity index (χ4v) is 1.35. The molecule has 0 aliphatic heterocycles. The molecule has 0 aliphatic rings. The summed E-state index contributed by atoms with van der Waals surface area (Å²) < 4.78 is 0. The average molecular weight is 213 g/mol. The summed E-state index contributed by atoms with van der Waals surface area (Å²) in [5.74, 6) is -1.35. The van der Waals surface area contributed by atoms with E-state index in [4.69, 9.17) is 10.8 Å². The lowest BCUT2D eigenvalue weighted by Gasteiger charge is -2.05. The van der Waals surface area contributed by atoms with Crippen LogP contribution in [-0.4, -0.2) is 16.9 Å². The quantitative estimate of drug-likeness (QED) is 0.499. The number of allylic oxidation sites excluding steroid dienone is 1.